The Bertz CT molecular complexity index is 540. The fraction of sp³-hybridized carbons (Fsp3) is 0.667. The minimum Gasteiger partial charge on any atom is -0.392 e. The van der Waals surface area contributed by atoms with Crippen LogP contribution in [0.15, 0.2) is 18.2 Å². The number of rotatable bonds is 5. The number of aliphatic hydroxyl groups excluding tert-OH is 1. The van der Waals surface area contributed by atoms with Crippen LogP contribution in [0.1, 0.15) is 39.3 Å². The molecule has 1 aromatic heterocycles. The summed E-state index contributed by atoms with van der Waals surface area (Å²) in [6.07, 6.45) is 1.29. The molecule has 1 aliphatic heterocycles. The summed E-state index contributed by atoms with van der Waals surface area (Å²) in [6, 6.07) is 6.22. The molecule has 0 bridgehead atoms. The monoisotopic (exact) mass is 334 g/mol. The van der Waals surface area contributed by atoms with E-state index in [9.17, 15) is 9.90 Å². The number of urea groups is 1. The Kier molecular flexibility index (Phi) is 6.43. The molecule has 24 heavy (non-hydrogen) atoms. The number of piperidine rings is 1. The number of pyridine rings is 1. The van der Waals surface area contributed by atoms with Crippen molar-refractivity contribution >= 4 is 11.8 Å². The van der Waals surface area contributed by atoms with E-state index in [1.807, 2.05) is 39.0 Å². The van der Waals surface area contributed by atoms with Gasteiger partial charge in [-0.15, -0.1) is 0 Å². The second kappa shape index (κ2) is 8.33. The van der Waals surface area contributed by atoms with Gasteiger partial charge in [0.2, 0.25) is 0 Å². The predicted molar refractivity (Wildman–Crippen MR) is 96.3 cm³/mol. The maximum Gasteiger partial charge on any atom is 0.317 e. The quantitative estimate of drug-likeness (QED) is 0.866. The summed E-state index contributed by atoms with van der Waals surface area (Å²) < 4.78 is 0. The van der Waals surface area contributed by atoms with Gasteiger partial charge in [0.1, 0.15) is 5.82 Å². The van der Waals surface area contributed by atoms with E-state index in [1.165, 1.54) is 0 Å². The number of hydrogen-bond acceptors (Lipinski definition) is 4. The lowest BCUT2D eigenvalue weighted by Crippen LogP contribution is -2.52. The Morgan fingerprint density at radius 1 is 1.38 bits per heavy atom. The highest BCUT2D eigenvalue weighted by Gasteiger charge is 2.25. The van der Waals surface area contributed by atoms with Gasteiger partial charge in [-0.05, 0) is 52.7 Å². The van der Waals surface area contributed by atoms with E-state index in [0.29, 0.717) is 6.54 Å². The maximum atomic E-state index is 12.5. The molecule has 2 rings (SSSR count). The van der Waals surface area contributed by atoms with Gasteiger partial charge in [-0.1, -0.05) is 6.07 Å². The summed E-state index contributed by atoms with van der Waals surface area (Å²) >= 11 is 0. The molecule has 2 heterocycles. The van der Waals surface area contributed by atoms with Crippen molar-refractivity contribution in [2.24, 2.45) is 0 Å². The Morgan fingerprint density at radius 3 is 2.58 bits per heavy atom. The third-order valence-corrected chi connectivity index (χ3v) is 4.37. The molecule has 1 aromatic rings. The molecule has 0 saturated carbocycles. The first-order chi connectivity index (χ1) is 11.4. The van der Waals surface area contributed by atoms with E-state index in [2.05, 4.69) is 15.2 Å². The number of nitrogens with zero attached hydrogens (tertiary/aromatic N) is 3. The molecule has 2 N–H and O–H groups in total. The number of carbonyl (C=O) groups excluding carboxylic acids is 1. The van der Waals surface area contributed by atoms with Gasteiger partial charge in [0, 0.05) is 37.4 Å². The van der Waals surface area contributed by atoms with Crippen molar-refractivity contribution in [1.29, 1.82) is 0 Å². The molecule has 2 amide bonds. The lowest BCUT2D eigenvalue weighted by molar-refractivity contribution is 0.116. The van der Waals surface area contributed by atoms with Gasteiger partial charge in [0.15, 0.2) is 0 Å². The number of hydrogen-bond donors (Lipinski definition) is 2. The number of amides is 2. The highest BCUT2D eigenvalue weighted by Crippen LogP contribution is 2.18. The van der Waals surface area contributed by atoms with Crippen molar-refractivity contribution in [2.75, 3.05) is 24.5 Å². The SMILES string of the molecule is Cc1cccc(N2CCC(NC(=O)N(CC(C)O)C(C)C)CC2)n1. The summed E-state index contributed by atoms with van der Waals surface area (Å²) in [7, 11) is 0. The number of aromatic nitrogens is 1. The Hall–Kier alpha value is -1.82. The van der Waals surface area contributed by atoms with Gasteiger partial charge in [0.25, 0.3) is 0 Å². The van der Waals surface area contributed by atoms with Gasteiger partial charge in [-0.25, -0.2) is 9.78 Å². The van der Waals surface area contributed by atoms with Gasteiger partial charge in [0.05, 0.1) is 6.10 Å². The smallest absolute Gasteiger partial charge is 0.317 e. The molecular formula is C18H30N4O2. The molecule has 0 spiro atoms. The fourth-order valence-electron chi connectivity index (χ4n) is 3.03. The van der Waals surface area contributed by atoms with Crippen molar-refractivity contribution < 1.29 is 9.90 Å². The van der Waals surface area contributed by atoms with E-state index in [0.717, 1.165) is 37.4 Å². The molecule has 6 nitrogen and oxygen atoms in total. The normalized spacial score (nSPS) is 17.0. The van der Waals surface area contributed by atoms with Crippen LogP contribution in [0.4, 0.5) is 10.6 Å². The average Bonchev–Trinajstić information content (AvgIpc) is 2.53. The molecule has 1 fully saturated rings. The van der Waals surface area contributed by atoms with Crippen LogP contribution in [0.2, 0.25) is 0 Å². The fourth-order valence-corrected chi connectivity index (χ4v) is 3.03. The van der Waals surface area contributed by atoms with Gasteiger partial charge < -0.3 is 20.2 Å². The lowest BCUT2D eigenvalue weighted by Gasteiger charge is -2.35. The molecule has 0 aliphatic carbocycles. The maximum absolute atomic E-state index is 12.5. The van der Waals surface area contributed by atoms with E-state index < -0.39 is 6.10 Å². The number of carbonyl (C=O) groups is 1. The number of nitrogens with one attached hydrogen (secondary N) is 1. The van der Waals surface area contributed by atoms with Crippen molar-refractivity contribution in [2.45, 2.75) is 58.7 Å². The van der Waals surface area contributed by atoms with Gasteiger partial charge in [-0.2, -0.15) is 0 Å². The second-order valence-corrected chi connectivity index (χ2v) is 6.94. The van der Waals surface area contributed by atoms with Crippen LogP contribution in [-0.2, 0) is 0 Å². The number of aliphatic hydroxyl groups is 1. The summed E-state index contributed by atoms with van der Waals surface area (Å²) in [5.41, 5.74) is 1.02. The third-order valence-electron chi connectivity index (χ3n) is 4.37. The molecule has 1 unspecified atom stereocenters. The van der Waals surface area contributed by atoms with Crippen LogP contribution in [0.3, 0.4) is 0 Å². The minimum absolute atomic E-state index is 0.0659. The van der Waals surface area contributed by atoms with Crippen molar-refractivity contribution in [3.63, 3.8) is 0 Å². The Balaban J connectivity index is 1.87. The van der Waals surface area contributed by atoms with Gasteiger partial charge in [-0.3, -0.25) is 0 Å². The first kappa shape index (κ1) is 18.5. The third kappa shape index (κ3) is 5.09. The molecule has 1 aliphatic rings. The summed E-state index contributed by atoms with van der Waals surface area (Å²) in [6.45, 7) is 9.77. The first-order valence-electron chi connectivity index (χ1n) is 8.80. The topological polar surface area (TPSA) is 68.7 Å². The van der Waals surface area contributed by atoms with Crippen LogP contribution < -0.4 is 10.2 Å². The molecule has 6 heteroatoms. The van der Waals surface area contributed by atoms with Crippen LogP contribution >= 0.6 is 0 Å². The Labute approximate surface area is 144 Å². The summed E-state index contributed by atoms with van der Waals surface area (Å²) in [5, 5.41) is 12.7. The van der Waals surface area contributed by atoms with E-state index >= 15 is 0 Å². The Morgan fingerprint density at radius 2 is 2.04 bits per heavy atom. The molecule has 0 radical (unpaired) electrons. The number of aryl methyl sites for hydroxylation is 1. The standard InChI is InChI=1S/C18H30N4O2/c1-13(2)22(12-15(4)23)18(24)20-16-8-10-21(11-9-16)17-7-5-6-14(3)19-17/h5-7,13,15-16,23H,8-12H2,1-4H3,(H,20,24). The van der Waals surface area contributed by atoms with E-state index in [4.69, 9.17) is 0 Å². The second-order valence-electron chi connectivity index (χ2n) is 6.94. The number of anilines is 1. The van der Waals surface area contributed by atoms with Crippen LogP contribution in [0.5, 0.6) is 0 Å². The van der Waals surface area contributed by atoms with Crippen molar-refractivity contribution in [3.8, 4) is 0 Å². The summed E-state index contributed by atoms with van der Waals surface area (Å²) in [4.78, 5) is 21.0. The first-order valence-corrected chi connectivity index (χ1v) is 8.80. The zero-order valence-electron chi connectivity index (χ0n) is 15.2. The van der Waals surface area contributed by atoms with E-state index in [-0.39, 0.29) is 18.1 Å². The summed E-state index contributed by atoms with van der Waals surface area (Å²) in [5.74, 6) is 1.01. The average molecular weight is 334 g/mol. The zero-order valence-corrected chi connectivity index (χ0v) is 15.2. The minimum atomic E-state index is -0.521. The van der Waals surface area contributed by atoms with Crippen LogP contribution in [0, 0.1) is 6.92 Å². The largest absolute Gasteiger partial charge is 0.392 e. The van der Waals surface area contributed by atoms with Crippen molar-refractivity contribution in [3.05, 3.63) is 23.9 Å². The predicted octanol–water partition coefficient (Wildman–Crippen LogP) is 2.16. The van der Waals surface area contributed by atoms with Crippen LogP contribution in [0.25, 0.3) is 0 Å². The lowest BCUT2D eigenvalue weighted by atomic mass is 10.1. The highest BCUT2D eigenvalue weighted by atomic mass is 16.3. The van der Waals surface area contributed by atoms with Crippen LogP contribution in [-0.4, -0.2) is 58.8 Å². The molecule has 1 saturated heterocycles. The molecule has 1 atom stereocenters. The van der Waals surface area contributed by atoms with Crippen molar-refractivity contribution in [1.82, 2.24) is 15.2 Å². The van der Waals surface area contributed by atoms with Gasteiger partial charge >= 0.3 is 6.03 Å². The highest BCUT2D eigenvalue weighted by molar-refractivity contribution is 5.75. The molecule has 0 aromatic carbocycles. The molecule has 134 valence electrons. The zero-order chi connectivity index (χ0) is 17.7. The molecular weight excluding hydrogens is 304 g/mol. The van der Waals surface area contributed by atoms with E-state index in [1.54, 1.807) is 11.8 Å².